The lowest BCUT2D eigenvalue weighted by atomic mass is 9.96. The predicted octanol–water partition coefficient (Wildman–Crippen LogP) is 3.75. The van der Waals surface area contributed by atoms with Crippen molar-refractivity contribution in [1.29, 1.82) is 0 Å². The van der Waals surface area contributed by atoms with Crippen molar-refractivity contribution in [2.45, 2.75) is 19.4 Å². The molecule has 24 heavy (non-hydrogen) atoms. The summed E-state index contributed by atoms with van der Waals surface area (Å²) in [6, 6.07) is 18.2. The van der Waals surface area contributed by atoms with Crippen LogP contribution in [0.3, 0.4) is 0 Å². The van der Waals surface area contributed by atoms with Crippen molar-refractivity contribution >= 4 is 11.6 Å². The average molecular weight is 317 g/mol. The lowest BCUT2D eigenvalue weighted by molar-refractivity contribution is -0.120. The van der Waals surface area contributed by atoms with Gasteiger partial charge in [-0.05, 0) is 29.7 Å². The Morgan fingerprint density at radius 1 is 1.04 bits per heavy atom. The Kier molecular flexibility index (Phi) is 3.87. The van der Waals surface area contributed by atoms with Gasteiger partial charge in [0.2, 0.25) is 5.91 Å². The summed E-state index contributed by atoms with van der Waals surface area (Å²) in [7, 11) is 0. The fourth-order valence-electron chi connectivity index (χ4n) is 3.20. The molecule has 0 radical (unpaired) electrons. The number of amides is 1. The number of aromatic nitrogens is 2. The minimum atomic E-state index is -0.00583. The van der Waals surface area contributed by atoms with E-state index in [1.807, 2.05) is 48.7 Å². The number of imidazole rings is 1. The van der Waals surface area contributed by atoms with E-state index in [2.05, 4.69) is 27.0 Å². The number of benzene rings is 2. The van der Waals surface area contributed by atoms with Crippen LogP contribution in [0.1, 0.15) is 12.2 Å². The van der Waals surface area contributed by atoms with Crippen molar-refractivity contribution < 1.29 is 4.79 Å². The average Bonchev–Trinajstić information content (AvgIpc) is 3.11. The van der Waals surface area contributed by atoms with Crippen molar-refractivity contribution in [3.05, 3.63) is 72.8 Å². The molecular formula is C20H19N3O. The molecule has 4 nitrogen and oxygen atoms in total. The first-order valence-electron chi connectivity index (χ1n) is 8.26. The van der Waals surface area contributed by atoms with Gasteiger partial charge >= 0.3 is 0 Å². The zero-order chi connectivity index (χ0) is 16.4. The smallest absolute Gasteiger partial charge is 0.228 e. The van der Waals surface area contributed by atoms with Crippen molar-refractivity contribution in [2.24, 2.45) is 5.92 Å². The van der Waals surface area contributed by atoms with Crippen LogP contribution in [0.25, 0.3) is 11.1 Å². The molecule has 2 aromatic carbocycles. The Morgan fingerprint density at radius 2 is 1.79 bits per heavy atom. The number of rotatable bonds is 3. The van der Waals surface area contributed by atoms with Crippen LogP contribution in [-0.2, 0) is 17.8 Å². The lowest BCUT2D eigenvalue weighted by Gasteiger charge is -2.22. The molecule has 1 amide bonds. The maximum absolute atomic E-state index is 12.5. The van der Waals surface area contributed by atoms with E-state index < -0.39 is 0 Å². The first kappa shape index (κ1) is 14.7. The second-order valence-electron chi connectivity index (χ2n) is 6.16. The molecule has 1 aliphatic rings. The van der Waals surface area contributed by atoms with Crippen LogP contribution in [0.5, 0.6) is 0 Å². The zero-order valence-electron chi connectivity index (χ0n) is 13.4. The molecule has 0 saturated carbocycles. The SMILES string of the molecule is O=C(Nc1ccc(-c2ccccc2)cc1)C1CCn2ccnc2C1. The molecule has 3 aromatic rings. The van der Waals surface area contributed by atoms with Gasteiger partial charge in [0, 0.05) is 37.0 Å². The second-order valence-corrected chi connectivity index (χ2v) is 6.16. The Labute approximate surface area is 141 Å². The van der Waals surface area contributed by atoms with E-state index in [9.17, 15) is 4.79 Å². The van der Waals surface area contributed by atoms with E-state index in [1.54, 1.807) is 6.20 Å². The summed E-state index contributed by atoms with van der Waals surface area (Å²) in [4.78, 5) is 16.8. The summed E-state index contributed by atoms with van der Waals surface area (Å²) in [6.07, 6.45) is 5.35. The van der Waals surface area contributed by atoms with Gasteiger partial charge in [0.15, 0.2) is 0 Å². The third-order valence-electron chi connectivity index (χ3n) is 4.58. The molecule has 4 heteroatoms. The van der Waals surface area contributed by atoms with E-state index in [0.29, 0.717) is 6.42 Å². The number of hydrogen-bond acceptors (Lipinski definition) is 2. The molecular weight excluding hydrogens is 298 g/mol. The molecule has 0 spiro atoms. The third kappa shape index (κ3) is 2.95. The van der Waals surface area contributed by atoms with Crippen LogP contribution in [0.2, 0.25) is 0 Å². The first-order chi connectivity index (χ1) is 11.8. The highest BCUT2D eigenvalue weighted by Crippen LogP contribution is 2.23. The van der Waals surface area contributed by atoms with Crippen LogP contribution in [-0.4, -0.2) is 15.5 Å². The number of carbonyl (C=O) groups is 1. The summed E-state index contributed by atoms with van der Waals surface area (Å²) in [6.45, 7) is 0.861. The Hall–Kier alpha value is -2.88. The van der Waals surface area contributed by atoms with Crippen molar-refractivity contribution in [3.8, 4) is 11.1 Å². The minimum Gasteiger partial charge on any atom is -0.335 e. The van der Waals surface area contributed by atoms with E-state index in [1.165, 1.54) is 5.56 Å². The molecule has 0 bridgehead atoms. The van der Waals surface area contributed by atoms with Crippen molar-refractivity contribution in [2.75, 3.05) is 5.32 Å². The molecule has 0 aliphatic carbocycles. The van der Waals surface area contributed by atoms with E-state index in [-0.39, 0.29) is 11.8 Å². The van der Waals surface area contributed by atoms with Gasteiger partial charge in [-0.15, -0.1) is 0 Å². The van der Waals surface area contributed by atoms with Crippen molar-refractivity contribution in [1.82, 2.24) is 9.55 Å². The highest BCUT2D eigenvalue weighted by atomic mass is 16.1. The fraction of sp³-hybridized carbons (Fsp3) is 0.200. The van der Waals surface area contributed by atoms with Gasteiger partial charge in [-0.1, -0.05) is 42.5 Å². The molecule has 4 rings (SSSR count). The van der Waals surface area contributed by atoms with E-state index >= 15 is 0 Å². The maximum atomic E-state index is 12.5. The zero-order valence-corrected chi connectivity index (χ0v) is 13.4. The minimum absolute atomic E-state index is 0.00583. The standard InChI is InChI=1S/C20H19N3O/c24-20(17-10-12-23-13-11-21-19(23)14-17)22-18-8-6-16(7-9-18)15-4-2-1-3-5-15/h1-9,11,13,17H,10,12,14H2,(H,22,24). The number of hydrogen-bond donors (Lipinski definition) is 1. The topological polar surface area (TPSA) is 46.9 Å². The van der Waals surface area contributed by atoms with Crippen LogP contribution in [0.15, 0.2) is 67.0 Å². The Balaban J connectivity index is 1.43. The number of nitrogens with zero attached hydrogens (tertiary/aromatic N) is 2. The van der Waals surface area contributed by atoms with Crippen LogP contribution < -0.4 is 5.32 Å². The van der Waals surface area contributed by atoms with Crippen molar-refractivity contribution in [3.63, 3.8) is 0 Å². The summed E-state index contributed by atoms with van der Waals surface area (Å²) in [5.41, 5.74) is 3.16. The van der Waals surface area contributed by atoms with Gasteiger partial charge in [-0.2, -0.15) is 0 Å². The van der Waals surface area contributed by atoms with Gasteiger partial charge in [0.1, 0.15) is 5.82 Å². The summed E-state index contributed by atoms with van der Waals surface area (Å²) in [5.74, 6) is 1.08. The molecule has 0 saturated heterocycles. The Morgan fingerprint density at radius 3 is 2.58 bits per heavy atom. The Bertz CT molecular complexity index is 837. The quantitative estimate of drug-likeness (QED) is 0.799. The van der Waals surface area contributed by atoms with Gasteiger partial charge in [-0.25, -0.2) is 4.98 Å². The molecule has 0 fully saturated rings. The highest BCUT2D eigenvalue weighted by Gasteiger charge is 2.25. The normalized spacial score (nSPS) is 16.4. The highest BCUT2D eigenvalue weighted by molar-refractivity contribution is 5.93. The molecule has 120 valence electrons. The largest absolute Gasteiger partial charge is 0.335 e. The summed E-state index contributed by atoms with van der Waals surface area (Å²) >= 11 is 0. The van der Waals surface area contributed by atoms with Gasteiger partial charge in [0.25, 0.3) is 0 Å². The van der Waals surface area contributed by atoms with Gasteiger partial charge < -0.3 is 9.88 Å². The number of carbonyl (C=O) groups excluding carboxylic acids is 1. The van der Waals surface area contributed by atoms with Gasteiger partial charge in [-0.3, -0.25) is 4.79 Å². The molecule has 1 N–H and O–H groups in total. The number of aryl methyl sites for hydroxylation is 1. The van der Waals surface area contributed by atoms with E-state index in [0.717, 1.165) is 30.0 Å². The summed E-state index contributed by atoms with van der Waals surface area (Å²) in [5, 5.41) is 3.04. The molecule has 2 heterocycles. The van der Waals surface area contributed by atoms with Crippen LogP contribution in [0.4, 0.5) is 5.69 Å². The summed E-state index contributed by atoms with van der Waals surface area (Å²) < 4.78 is 2.12. The molecule has 1 unspecified atom stereocenters. The number of anilines is 1. The van der Waals surface area contributed by atoms with Crippen LogP contribution >= 0.6 is 0 Å². The number of fused-ring (bicyclic) bond motifs is 1. The first-order valence-corrected chi connectivity index (χ1v) is 8.26. The maximum Gasteiger partial charge on any atom is 0.228 e. The van der Waals surface area contributed by atoms with Gasteiger partial charge in [0.05, 0.1) is 0 Å². The van der Waals surface area contributed by atoms with E-state index in [4.69, 9.17) is 0 Å². The third-order valence-corrected chi connectivity index (χ3v) is 4.58. The second kappa shape index (κ2) is 6.32. The fourth-order valence-corrected chi connectivity index (χ4v) is 3.20. The number of nitrogens with one attached hydrogen (secondary N) is 1. The predicted molar refractivity (Wildman–Crippen MR) is 94.5 cm³/mol. The monoisotopic (exact) mass is 317 g/mol. The van der Waals surface area contributed by atoms with Crippen LogP contribution in [0, 0.1) is 5.92 Å². The molecule has 1 aliphatic heterocycles. The lowest BCUT2D eigenvalue weighted by Crippen LogP contribution is -2.30. The molecule has 1 atom stereocenters. The molecule has 1 aromatic heterocycles.